The van der Waals surface area contributed by atoms with Crippen molar-refractivity contribution in [1.29, 1.82) is 0 Å². The van der Waals surface area contributed by atoms with Crippen LogP contribution in [0, 0.1) is 11.8 Å². The third-order valence-electron chi connectivity index (χ3n) is 5.53. The highest BCUT2D eigenvalue weighted by Crippen LogP contribution is 2.13. The summed E-state index contributed by atoms with van der Waals surface area (Å²) in [7, 11) is 0. The van der Waals surface area contributed by atoms with Gasteiger partial charge in [0.15, 0.2) is 0 Å². The van der Waals surface area contributed by atoms with Crippen LogP contribution in [0.3, 0.4) is 0 Å². The fraction of sp³-hybridized carbons (Fsp3) is 0.583. The Morgan fingerprint density at radius 3 is 2.06 bits per heavy atom. The summed E-state index contributed by atoms with van der Waals surface area (Å²) in [6.07, 6.45) is 1.30. The monoisotopic (exact) mass is 494 g/mol. The molecule has 1 aromatic carbocycles. The van der Waals surface area contributed by atoms with Gasteiger partial charge in [-0.1, -0.05) is 46.2 Å². The number of phenolic OH excluding ortho intramolecular Hbond substituents is 1. The van der Waals surface area contributed by atoms with Crippen LogP contribution >= 0.6 is 12.6 Å². The van der Waals surface area contributed by atoms with Gasteiger partial charge in [0.2, 0.25) is 23.6 Å². The molecule has 0 bridgehead atoms. The number of amides is 4. The molecule has 0 unspecified atom stereocenters. The normalized spacial score (nSPS) is 14.5. The molecule has 34 heavy (non-hydrogen) atoms. The number of phenols is 1. The molecule has 0 saturated carbocycles. The minimum Gasteiger partial charge on any atom is -0.508 e. The molecule has 0 heterocycles. The minimum absolute atomic E-state index is 0.0704. The van der Waals surface area contributed by atoms with Gasteiger partial charge in [-0.05, 0) is 41.7 Å². The maximum absolute atomic E-state index is 13.1. The molecular formula is C24H38N4O5S. The van der Waals surface area contributed by atoms with Crippen LogP contribution in [0.5, 0.6) is 5.75 Å². The average Bonchev–Trinajstić information content (AvgIpc) is 2.77. The molecule has 0 aromatic heterocycles. The van der Waals surface area contributed by atoms with Gasteiger partial charge in [-0.15, -0.1) is 0 Å². The van der Waals surface area contributed by atoms with Gasteiger partial charge in [0.1, 0.15) is 23.9 Å². The molecule has 10 heteroatoms. The van der Waals surface area contributed by atoms with Gasteiger partial charge >= 0.3 is 0 Å². The topological polar surface area (TPSA) is 151 Å². The van der Waals surface area contributed by atoms with E-state index in [0.717, 1.165) is 0 Å². The van der Waals surface area contributed by atoms with Crippen LogP contribution < -0.4 is 21.7 Å². The van der Waals surface area contributed by atoms with Crippen LogP contribution in [0.1, 0.15) is 52.5 Å². The number of rotatable bonds is 14. The number of nitrogens with one attached hydrogen (secondary N) is 3. The van der Waals surface area contributed by atoms with E-state index in [4.69, 9.17) is 5.73 Å². The van der Waals surface area contributed by atoms with Gasteiger partial charge in [0, 0.05) is 12.8 Å². The Labute approximate surface area is 207 Å². The zero-order chi connectivity index (χ0) is 25.8. The van der Waals surface area contributed by atoms with E-state index in [-0.39, 0.29) is 36.3 Å². The number of thiol groups is 1. The van der Waals surface area contributed by atoms with E-state index < -0.39 is 35.8 Å². The second-order valence-electron chi connectivity index (χ2n) is 8.93. The number of hydrogen-bond donors (Lipinski definition) is 6. The molecule has 1 aromatic rings. The third kappa shape index (κ3) is 10.0. The van der Waals surface area contributed by atoms with Crippen molar-refractivity contribution in [2.45, 2.75) is 71.5 Å². The van der Waals surface area contributed by atoms with Crippen molar-refractivity contribution >= 4 is 36.3 Å². The van der Waals surface area contributed by atoms with Crippen LogP contribution in [0.2, 0.25) is 0 Å². The zero-order valence-corrected chi connectivity index (χ0v) is 21.2. The number of aromatic hydroxyl groups is 1. The predicted octanol–water partition coefficient (Wildman–Crippen LogP) is 1.29. The molecule has 4 atom stereocenters. The van der Waals surface area contributed by atoms with Crippen molar-refractivity contribution in [3.63, 3.8) is 0 Å². The molecule has 0 fully saturated rings. The van der Waals surface area contributed by atoms with Crippen LogP contribution in [-0.2, 0) is 25.6 Å². The Hall–Kier alpha value is -2.75. The summed E-state index contributed by atoms with van der Waals surface area (Å²) in [4.78, 5) is 50.3. The molecule has 4 amide bonds. The van der Waals surface area contributed by atoms with Crippen LogP contribution in [0.15, 0.2) is 24.3 Å². The van der Waals surface area contributed by atoms with Crippen molar-refractivity contribution < 1.29 is 24.3 Å². The summed E-state index contributed by atoms with van der Waals surface area (Å²) in [5.74, 6) is -1.64. The highest BCUT2D eigenvalue weighted by molar-refractivity contribution is 7.80. The van der Waals surface area contributed by atoms with Gasteiger partial charge in [-0.2, -0.15) is 12.6 Å². The molecule has 0 spiro atoms. The highest BCUT2D eigenvalue weighted by atomic mass is 32.1. The van der Waals surface area contributed by atoms with Crippen LogP contribution in [-0.4, -0.2) is 52.6 Å². The largest absolute Gasteiger partial charge is 0.508 e. The highest BCUT2D eigenvalue weighted by Gasteiger charge is 2.31. The van der Waals surface area contributed by atoms with E-state index in [9.17, 15) is 24.3 Å². The first-order chi connectivity index (χ1) is 16.0. The summed E-state index contributed by atoms with van der Waals surface area (Å²) in [6, 6.07) is 3.52. The van der Waals surface area contributed by atoms with E-state index in [2.05, 4.69) is 28.6 Å². The second-order valence-corrected chi connectivity index (χ2v) is 9.38. The lowest BCUT2D eigenvalue weighted by molar-refractivity contribution is -0.134. The van der Waals surface area contributed by atoms with Gasteiger partial charge in [-0.25, -0.2) is 0 Å². The molecule has 0 aliphatic heterocycles. The number of carbonyl (C=O) groups excluding carboxylic acids is 4. The maximum atomic E-state index is 13.1. The summed E-state index contributed by atoms with van der Waals surface area (Å²) >= 11 is 4.05. The molecule has 0 radical (unpaired) electrons. The average molecular weight is 495 g/mol. The lowest BCUT2D eigenvalue weighted by atomic mass is 9.96. The Kier molecular flexibility index (Phi) is 12.5. The molecule has 0 aliphatic carbocycles. The van der Waals surface area contributed by atoms with Gasteiger partial charge in [-0.3, -0.25) is 19.2 Å². The molecule has 0 saturated heterocycles. The van der Waals surface area contributed by atoms with E-state index in [1.165, 1.54) is 12.1 Å². The van der Waals surface area contributed by atoms with E-state index in [1.54, 1.807) is 12.1 Å². The number of benzene rings is 1. The van der Waals surface area contributed by atoms with E-state index in [0.29, 0.717) is 24.2 Å². The van der Waals surface area contributed by atoms with Gasteiger partial charge in [0.25, 0.3) is 0 Å². The lowest BCUT2D eigenvalue weighted by Crippen LogP contribution is -2.58. The summed E-state index contributed by atoms with van der Waals surface area (Å²) < 4.78 is 0. The van der Waals surface area contributed by atoms with Gasteiger partial charge in [0.05, 0.1) is 0 Å². The van der Waals surface area contributed by atoms with E-state index >= 15 is 0 Å². The quantitative estimate of drug-likeness (QED) is 0.215. The van der Waals surface area contributed by atoms with Crippen molar-refractivity contribution in [2.24, 2.45) is 17.6 Å². The van der Waals surface area contributed by atoms with Crippen molar-refractivity contribution in [2.75, 3.05) is 5.75 Å². The second kappa shape index (κ2) is 14.5. The lowest BCUT2D eigenvalue weighted by Gasteiger charge is -2.28. The number of hydrogen-bond acceptors (Lipinski definition) is 6. The molecule has 6 N–H and O–H groups in total. The summed E-state index contributed by atoms with van der Waals surface area (Å²) in [5.41, 5.74) is 6.21. The van der Waals surface area contributed by atoms with E-state index in [1.807, 2.05) is 27.7 Å². The number of primary amides is 1. The maximum Gasteiger partial charge on any atom is 0.243 e. The van der Waals surface area contributed by atoms with Crippen LogP contribution in [0.25, 0.3) is 0 Å². The Morgan fingerprint density at radius 2 is 1.56 bits per heavy atom. The SMILES string of the molecule is CC[C@H](C)[C@H](NC(=O)CCS)C(=O)N[C@@H](CC(C)C)C(=O)N[C@@H](Cc1ccc(O)cc1)C(N)=O. The first kappa shape index (κ1) is 29.3. The first-order valence-electron chi connectivity index (χ1n) is 11.6. The predicted molar refractivity (Wildman–Crippen MR) is 134 cm³/mol. The fourth-order valence-electron chi connectivity index (χ4n) is 3.38. The van der Waals surface area contributed by atoms with Crippen molar-refractivity contribution in [1.82, 2.24) is 16.0 Å². The Bertz CT molecular complexity index is 831. The molecule has 0 aliphatic rings. The molecule has 9 nitrogen and oxygen atoms in total. The van der Waals surface area contributed by atoms with Crippen molar-refractivity contribution in [3.8, 4) is 5.75 Å². The zero-order valence-electron chi connectivity index (χ0n) is 20.3. The Morgan fingerprint density at radius 1 is 0.971 bits per heavy atom. The molecule has 1 rings (SSSR count). The smallest absolute Gasteiger partial charge is 0.243 e. The molecule has 190 valence electrons. The van der Waals surface area contributed by atoms with Crippen LogP contribution in [0.4, 0.5) is 0 Å². The Balaban J connectivity index is 3.00. The summed E-state index contributed by atoms with van der Waals surface area (Å²) in [5, 5.41) is 17.6. The number of carbonyl (C=O) groups is 4. The molecular weight excluding hydrogens is 456 g/mol. The third-order valence-corrected chi connectivity index (χ3v) is 5.75. The summed E-state index contributed by atoms with van der Waals surface area (Å²) in [6.45, 7) is 7.59. The number of nitrogens with two attached hydrogens (primary N) is 1. The van der Waals surface area contributed by atoms with Gasteiger partial charge < -0.3 is 26.8 Å². The standard InChI is InChI=1S/C24H38N4O5S/c1-5-15(4)21(28-20(30)10-11-34)24(33)27-19(12-14(2)3)23(32)26-18(22(25)31)13-16-6-8-17(29)9-7-16/h6-9,14-15,18-19,21,29,34H,5,10-13H2,1-4H3,(H2,25,31)(H,26,32)(H,27,33)(H,28,30)/t15-,18-,19-,21-/m0/s1. The van der Waals surface area contributed by atoms with Crippen molar-refractivity contribution in [3.05, 3.63) is 29.8 Å². The fourth-order valence-corrected chi connectivity index (χ4v) is 3.58. The minimum atomic E-state index is -0.996. The first-order valence-corrected chi connectivity index (χ1v) is 12.2.